The number of anilines is 2. The summed E-state index contributed by atoms with van der Waals surface area (Å²) in [7, 11) is 0. The zero-order valence-corrected chi connectivity index (χ0v) is 16.6. The molecule has 0 bridgehead atoms. The van der Waals surface area contributed by atoms with Gasteiger partial charge in [-0.3, -0.25) is 4.98 Å². The summed E-state index contributed by atoms with van der Waals surface area (Å²) in [6.45, 7) is 3.81. The van der Waals surface area contributed by atoms with Gasteiger partial charge in [0.1, 0.15) is 23.1 Å². The molecule has 4 rings (SSSR count). The first-order chi connectivity index (χ1) is 14.6. The van der Waals surface area contributed by atoms with Crippen LogP contribution in [0, 0.1) is 19.7 Å². The van der Waals surface area contributed by atoms with E-state index in [1.807, 2.05) is 26.0 Å². The third-order valence-corrected chi connectivity index (χ3v) is 4.46. The molecule has 0 aliphatic rings. The second-order valence-electron chi connectivity index (χ2n) is 6.78. The van der Waals surface area contributed by atoms with Crippen LogP contribution in [-0.2, 0) is 12.8 Å². The maximum Gasteiger partial charge on any atom is 0.174 e. The number of nitrogens with zero attached hydrogens (tertiary/aromatic N) is 5. The van der Waals surface area contributed by atoms with Crippen molar-refractivity contribution >= 4 is 11.5 Å². The number of halogens is 1. The monoisotopic (exact) mass is 405 g/mol. The summed E-state index contributed by atoms with van der Waals surface area (Å²) in [5, 5.41) is 16.8. The van der Waals surface area contributed by atoms with Gasteiger partial charge in [0.05, 0.1) is 11.4 Å². The van der Waals surface area contributed by atoms with E-state index in [4.69, 9.17) is 4.74 Å². The minimum absolute atomic E-state index is 0.332. The van der Waals surface area contributed by atoms with E-state index in [-0.39, 0.29) is 5.82 Å². The Labute approximate surface area is 172 Å². The van der Waals surface area contributed by atoms with Crippen molar-refractivity contribution < 1.29 is 9.13 Å². The summed E-state index contributed by atoms with van der Waals surface area (Å²) in [6.07, 6.45) is 2.87. The summed E-state index contributed by atoms with van der Waals surface area (Å²) in [5.74, 6) is 1.95. The van der Waals surface area contributed by atoms with Crippen molar-refractivity contribution in [1.29, 1.82) is 0 Å². The van der Waals surface area contributed by atoms with Gasteiger partial charge in [0.25, 0.3) is 0 Å². The Morgan fingerprint density at radius 2 is 1.97 bits per heavy atom. The molecule has 0 radical (unpaired) electrons. The van der Waals surface area contributed by atoms with E-state index in [2.05, 4.69) is 35.9 Å². The summed E-state index contributed by atoms with van der Waals surface area (Å²) in [5.41, 5.74) is 2.99. The molecule has 0 saturated heterocycles. The molecule has 9 heteroatoms. The number of pyridine rings is 2. The molecule has 4 aromatic rings. The standard InChI is InChI=1S/C21H20FN7O/c1-13-3-7-19(14(2)24-13)30-16-9-10-23-21(12-16)25-18-11-15(4-6-17(18)22)5-8-20-26-28-29-27-20/h3-4,6-7,9-12H,5,8H2,1-2H3,(H,23,25)(H,26,27,28,29). The van der Waals surface area contributed by atoms with Crippen molar-refractivity contribution in [2.24, 2.45) is 0 Å². The molecule has 152 valence electrons. The molecule has 0 amide bonds. The maximum absolute atomic E-state index is 14.3. The smallest absolute Gasteiger partial charge is 0.174 e. The van der Waals surface area contributed by atoms with Crippen molar-refractivity contribution in [2.45, 2.75) is 26.7 Å². The lowest BCUT2D eigenvalue weighted by atomic mass is 10.1. The van der Waals surface area contributed by atoms with E-state index in [1.165, 1.54) is 6.07 Å². The number of aryl methyl sites for hydroxylation is 4. The second kappa shape index (κ2) is 8.64. The van der Waals surface area contributed by atoms with E-state index >= 15 is 0 Å². The fourth-order valence-corrected chi connectivity index (χ4v) is 2.96. The highest BCUT2D eigenvalue weighted by Gasteiger charge is 2.09. The Hall–Kier alpha value is -3.88. The van der Waals surface area contributed by atoms with Gasteiger partial charge in [-0.05, 0) is 56.2 Å². The highest BCUT2D eigenvalue weighted by atomic mass is 19.1. The highest BCUT2D eigenvalue weighted by molar-refractivity contribution is 5.59. The summed E-state index contributed by atoms with van der Waals surface area (Å²) >= 11 is 0. The molecule has 0 saturated carbocycles. The Balaban J connectivity index is 1.48. The average molecular weight is 405 g/mol. The molecule has 0 atom stereocenters. The molecule has 0 aliphatic carbocycles. The molecule has 0 spiro atoms. The Kier molecular flexibility index (Phi) is 5.60. The number of benzene rings is 1. The van der Waals surface area contributed by atoms with Crippen LogP contribution in [0.2, 0.25) is 0 Å². The Morgan fingerprint density at radius 1 is 1.07 bits per heavy atom. The number of hydrogen-bond donors (Lipinski definition) is 2. The topological polar surface area (TPSA) is 102 Å². The van der Waals surface area contributed by atoms with Crippen LogP contribution >= 0.6 is 0 Å². The predicted octanol–water partition coefficient (Wildman–Crippen LogP) is 4.07. The summed E-state index contributed by atoms with van der Waals surface area (Å²) in [6, 6.07) is 12.1. The van der Waals surface area contributed by atoms with Crippen LogP contribution in [0.5, 0.6) is 11.5 Å². The highest BCUT2D eigenvalue weighted by Crippen LogP contribution is 2.27. The van der Waals surface area contributed by atoms with Crippen LogP contribution < -0.4 is 10.1 Å². The Morgan fingerprint density at radius 3 is 2.77 bits per heavy atom. The third-order valence-electron chi connectivity index (χ3n) is 4.46. The molecule has 0 aliphatic heterocycles. The number of hydrogen-bond acceptors (Lipinski definition) is 7. The molecular weight excluding hydrogens is 385 g/mol. The first kappa shape index (κ1) is 19.4. The molecule has 0 fully saturated rings. The number of nitrogens with one attached hydrogen (secondary N) is 2. The van der Waals surface area contributed by atoms with Crippen LogP contribution in [0.15, 0.2) is 48.7 Å². The summed E-state index contributed by atoms with van der Waals surface area (Å²) < 4.78 is 20.3. The molecule has 2 N–H and O–H groups in total. The van der Waals surface area contributed by atoms with Gasteiger partial charge in [-0.1, -0.05) is 11.3 Å². The molecule has 30 heavy (non-hydrogen) atoms. The van der Waals surface area contributed by atoms with Crippen molar-refractivity contribution in [3.05, 3.63) is 77.3 Å². The fraction of sp³-hybridized carbons (Fsp3) is 0.190. The van der Waals surface area contributed by atoms with E-state index < -0.39 is 0 Å². The van der Waals surface area contributed by atoms with Crippen LogP contribution in [0.4, 0.5) is 15.9 Å². The Bertz CT molecular complexity index is 1150. The van der Waals surface area contributed by atoms with Crippen molar-refractivity contribution in [3.63, 3.8) is 0 Å². The number of ether oxygens (including phenoxy) is 1. The second-order valence-corrected chi connectivity index (χ2v) is 6.78. The van der Waals surface area contributed by atoms with Crippen molar-refractivity contribution in [2.75, 3.05) is 5.32 Å². The molecular formula is C21H20FN7O. The van der Waals surface area contributed by atoms with Gasteiger partial charge in [-0.2, -0.15) is 5.21 Å². The minimum atomic E-state index is -0.370. The predicted molar refractivity (Wildman–Crippen MR) is 109 cm³/mol. The number of aromatic amines is 1. The van der Waals surface area contributed by atoms with Crippen LogP contribution in [0.25, 0.3) is 0 Å². The zero-order valence-electron chi connectivity index (χ0n) is 16.6. The van der Waals surface area contributed by atoms with E-state index in [0.717, 1.165) is 17.0 Å². The van der Waals surface area contributed by atoms with Crippen LogP contribution in [-0.4, -0.2) is 30.6 Å². The van der Waals surface area contributed by atoms with Crippen LogP contribution in [0.3, 0.4) is 0 Å². The lowest BCUT2D eigenvalue weighted by Crippen LogP contribution is -2.00. The van der Waals surface area contributed by atoms with Gasteiger partial charge in [-0.15, -0.1) is 10.2 Å². The van der Waals surface area contributed by atoms with Crippen molar-refractivity contribution in [3.8, 4) is 11.5 Å². The zero-order chi connectivity index (χ0) is 20.9. The number of H-pyrrole nitrogens is 1. The normalized spacial score (nSPS) is 10.8. The van der Waals surface area contributed by atoms with E-state index in [9.17, 15) is 4.39 Å². The lowest BCUT2D eigenvalue weighted by molar-refractivity contribution is 0.475. The fourth-order valence-electron chi connectivity index (χ4n) is 2.96. The molecule has 1 aromatic carbocycles. The van der Waals surface area contributed by atoms with Gasteiger partial charge < -0.3 is 10.1 Å². The van der Waals surface area contributed by atoms with Gasteiger partial charge >= 0.3 is 0 Å². The van der Waals surface area contributed by atoms with Gasteiger partial charge in [0.15, 0.2) is 5.82 Å². The first-order valence-corrected chi connectivity index (χ1v) is 9.43. The SMILES string of the molecule is Cc1ccc(Oc2ccnc(Nc3cc(CCc4nn[nH]n4)ccc3F)c2)c(C)n1. The maximum atomic E-state index is 14.3. The molecule has 3 aromatic heterocycles. The lowest BCUT2D eigenvalue weighted by Gasteiger charge is -2.12. The van der Waals surface area contributed by atoms with Gasteiger partial charge in [0.2, 0.25) is 0 Å². The van der Waals surface area contributed by atoms with E-state index in [1.54, 1.807) is 30.5 Å². The minimum Gasteiger partial charge on any atom is -0.455 e. The quantitative estimate of drug-likeness (QED) is 0.478. The van der Waals surface area contributed by atoms with Gasteiger partial charge in [-0.25, -0.2) is 9.37 Å². The third kappa shape index (κ3) is 4.75. The largest absolute Gasteiger partial charge is 0.455 e. The van der Waals surface area contributed by atoms with Gasteiger partial charge in [0, 0.05) is 24.4 Å². The molecule has 3 heterocycles. The first-order valence-electron chi connectivity index (χ1n) is 9.43. The number of tetrazole rings is 1. The van der Waals surface area contributed by atoms with E-state index in [0.29, 0.717) is 41.7 Å². The molecule has 8 nitrogen and oxygen atoms in total. The average Bonchev–Trinajstić information content (AvgIpc) is 3.25. The van der Waals surface area contributed by atoms with Crippen LogP contribution in [0.1, 0.15) is 22.8 Å². The summed E-state index contributed by atoms with van der Waals surface area (Å²) in [4.78, 5) is 8.66. The van der Waals surface area contributed by atoms with Crippen molar-refractivity contribution in [1.82, 2.24) is 30.6 Å². The number of rotatable bonds is 7. The number of aromatic nitrogens is 6. The molecule has 0 unspecified atom stereocenters.